The fourth-order valence-corrected chi connectivity index (χ4v) is 1.95. The molecule has 1 heterocycles. The monoisotopic (exact) mass is 178 g/mol. The second kappa shape index (κ2) is 3.36. The summed E-state index contributed by atoms with van der Waals surface area (Å²) in [5.41, 5.74) is 2.01. The minimum absolute atomic E-state index is 0.276. The largest absolute Gasteiger partial charge is 0.468 e. The third-order valence-corrected chi connectivity index (χ3v) is 2.55. The molecule has 0 unspecified atom stereocenters. The van der Waals surface area contributed by atoms with Crippen LogP contribution in [0.25, 0.3) is 0 Å². The second-order valence-corrected chi connectivity index (χ2v) is 3.59. The van der Waals surface area contributed by atoms with Crippen molar-refractivity contribution in [2.45, 2.75) is 39.0 Å². The van der Waals surface area contributed by atoms with Gasteiger partial charge in [-0.3, -0.25) is 4.79 Å². The highest BCUT2D eigenvalue weighted by molar-refractivity contribution is 5.99. The Morgan fingerprint density at radius 3 is 3.08 bits per heavy atom. The van der Waals surface area contributed by atoms with Crippen LogP contribution < -0.4 is 0 Å². The van der Waals surface area contributed by atoms with Crippen molar-refractivity contribution in [2.24, 2.45) is 0 Å². The molecule has 0 saturated heterocycles. The molecule has 1 aromatic rings. The van der Waals surface area contributed by atoms with Crippen molar-refractivity contribution in [3.63, 3.8) is 0 Å². The third kappa shape index (κ3) is 1.41. The molecule has 0 aromatic carbocycles. The van der Waals surface area contributed by atoms with Gasteiger partial charge in [-0.2, -0.15) is 0 Å². The molecule has 2 nitrogen and oxygen atoms in total. The maximum Gasteiger partial charge on any atom is 0.166 e. The quantitative estimate of drug-likeness (QED) is 0.697. The summed E-state index contributed by atoms with van der Waals surface area (Å²) < 4.78 is 5.39. The maximum atomic E-state index is 11.6. The maximum absolute atomic E-state index is 11.6. The summed E-state index contributed by atoms with van der Waals surface area (Å²) in [5.74, 6) is 1.19. The number of aryl methyl sites for hydroxylation is 2. The van der Waals surface area contributed by atoms with Gasteiger partial charge in [0.25, 0.3) is 0 Å². The number of carbonyl (C=O) groups excluding carboxylic acids is 1. The number of furan rings is 1. The number of Topliss-reactive ketones (excluding diaryl/α,β-unsaturated/α-hetero) is 1. The van der Waals surface area contributed by atoms with Gasteiger partial charge in [-0.15, -0.1) is 0 Å². The van der Waals surface area contributed by atoms with Gasteiger partial charge in [-0.05, 0) is 12.8 Å². The van der Waals surface area contributed by atoms with Gasteiger partial charge in [-0.1, -0.05) is 13.3 Å². The molecular formula is C11H14O2. The molecule has 0 radical (unpaired) electrons. The first-order chi connectivity index (χ1) is 6.33. The van der Waals surface area contributed by atoms with Crippen LogP contribution in [0, 0.1) is 0 Å². The Morgan fingerprint density at radius 2 is 2.31 bits per heavy atom. The van der Waals surface area contributed by atoms with Crippen LogP contribution in [0.15, 0.2) is 10.7 Å². The fourth-order valence-electron chi connectivity index (χ4n) is 1.95. The van der Waals surface area contributed by atoms with E-state index in [1.54, 1.807) is 6.26 Å². The lowest BCUT2D eigenvalue weighted by Crippen LogP contribution is -2.10. The van der Waals surface area contributed by atoms with Crippen molar-refractivity contribution >= 4 is 5.78 Å². The lowest BCUT2D eigenvalue weighted by atomic mass is 9.93. The number of rotatable bonds is 2. The Balaban J connectivity index is 2.38. The van der Waals surface area contributed by atoms with Crippen LogP contribution in [0.3, 0.4) is 0 Å². The second-order valence-electron chi connectivity index (χ2n) is 3.59. The Kier molecular flexibility index (Phi) is 2.21. The fraction of sp³-hybridized carbons (Fsp3) is 0.545. The molecule has 1 aromatic heterocycles. The first-order valence-corrected chi connectivity index (χ1v) is 4.95. The lowest BCUT2D eigenvalue weighted by Gasteiger charge is -2.09. The van der Waals surface area contributed by atoms with E-state index in [-0.39, 0.29) is 5.78 Å². The van der Waals surface area contributed by atoms with Crippen LogP contribution in [0.4, 0.5) is 0 Å². The minimum Gasteiger partial charge on any atom is -0.468 e. The molecule has 0 bridgehead atoms. The van der Waals surface area contributed by atoms with Crippen molar-refractivity contribution in [3.8, 4) is 0 Å². The van der Waals surface area contributed by atoms with Crippen LogP contribution in [0.5, 0.6) is 0 Å². The van der Waals surface area contributed by atoms with Gasteiger partial charge >= 0.3 is 0 Å². The zero-order valence-electron chi connectivity index (χ0n) is 7.93. The van der Waals surface area contributed by atoms with Gasteiger partial charge in [0.05, 0.1) is 11.8 Å². The van der Waals surface area contributed by atoms with Crippen molar-refractivity contribution in [1.82, 2.24) is 0 Å². The molecule has 0 atom stereocenters. The van der Waals surface area contributed by atoms with E-state index in [2.05, 4.69) is 6.92 Å². The molecule has 13 heavy (non-hydrogen) atoms. The first-order valence-electron chi connectivity index (χ1n) is 4.95. The molecule has 0 N–H and O–H groups in total. The Hall–Kier alpha value is -1.05. The number of hydrogen-bond acceptors (Lipinski definition) is 2. The van der Waals surface area contributed by atoms with Crippen molar-refractivity contribution < 1.29 is 9.21 Å². The Labute approximate surface area is 77.9 Å². The molecular weight excluding hydrogens is 164 g/mol. The zero-order valence-corrected chi connectivity index (χ0v) is 7.93. The Bertz CT molecular complexity index is 323. The highest BCUT2D eigenvalue weighted by Gasteiger charge is 2.23. The number of carbonyl (C=O) groups is 1. The molecule has 2 heteroatoms. The van der Waals surface area contributed by atoms with Crippen molar-refractivity contribution in [1.29, 1.82) is 0 Å². The summed E-state index contributed by atoms with van der Waals surface area (Å²) in [6.45, 7) is 2.12. The van der Waals surface area contributed by atoms with Crippen LogP contribution in [0.2, 0.25) is 0 Å². The molecule has 0 amide bonds. The molecule has 1 aliphatic rings. The average molecular weight is 178 g/mol. The van der Waals surface area contributed by atoms with E-state index in [1.165, 1.54) is 0 Å². The summed E-state index contributed by atoms with van der Waals surface area (Å²) in [6, 6.07) is 0. The highest BCUT2D eigenvalue weighted by Crippen LogP contribution is 2.26. The first kappa shape index (κ1) is 8.54. The van der Waals surface area contributed by atoms with Crippen LogP contribution in [-0.2, 0) is 12.8 Å². The van der Waals surface area contributed by atoms with Gasteiger partial charge in [0, 0.05) is 18.4 Å². The smallest absolute Gasteiger partial charge is 0.166 e. The SMILES string of the molecule is CCCc1coc2c1C(=O)CCC2. The predicted molar refractivity (Wildman–Crippen MR) is 50.0 cm³/mol. The van der Waals surface area contributed by atoms with Gasteiger partial charge in [0.1, 0.15) is 5.76 Å². The van der Waals surface area contributed by atoms with E-state index in [9.17, 15) is 4.79 Å². The topological polar surface area (TPSA) is 30.2 Å². The third-order valence-electron chi connectivity index (χ3n) is 2.55. The molecule has 0 saturated carbocycles. The van der Waals surface area contributed by atoms with Gasteiger partial charge in [0.2, 0.25) is 0 Å². The molecule has 0 aliphatic heterocycles. The predicted octanol–water partition coefficient (Wildman–Crippen LogP) is 2.75. The standard InChI is InChI=1S/C11H14O2/c1-2-4-8-7-13-10-6-3-5-9(12)11(8)10/h7H,2-6H2,1H3. The average Bonchev–Trinajstić information content (AvgIpc) is 2.51. The summed E-state index contributed by atoms with van der Waals surface area (Å²) in [6.07, 6.45) is 6.38. The molecule has 70 valence electrons. The highest BCUT2D eigenvalue weighted by atomic mass is 16.3. The van der Waals surface area contributed by atoms with E-state index in [1.807, 2.05) is 0 Å². The molecule has 1 aliphatic carbocycles. The minimum atomic E-state index is 0.276. The number of ketones is 1. The number of fused-ring (bicyclic) bond motifs is 1. The van der Waals surface area contributed by atoms with Gasteiger partial charge in [-0.25, -0.2) is 0 Å². The molecule has 0 spiro atoms. The summed E-state index contributed by atoms with van der Waals surface area (Å²) in [5, 5.41) is 0. The summed E-state index contributed by atoms with van der Waals surface area (Å²) >= 11 is 0. The summed E-state index contributed by atoms with van der Waals surface area (Å²) in [4.78, 5) is 11.6. The van der Waals surface area contributed by atoms with Gasteiger partial charge in [0.15, 0.2) is 5.78 Å². The van der Waals surface area contributed by atoms with Crippen molar-refractivity contribution in [3.05, 3.63) is 23.2 Å². The molecule has 0 fully saturated rings. The number of hydrogen-bond donors (Lipinski definition) is 0. The van der Waals surface area contributed by atoms with E-state index >= 15 is 0 Å². The van der Waals surface area contributed by atoms with E-state index < -0.39 is 0 Å². The summed E-state index contributed by atoms with van der Waals surface area (Å²) in [7, 11) is 0. The van der Waals surface area contributed by atoms with Crippen molar-refractivity contribution in [2.75, 3.05) is 0 Å². The normalized spacial score (nSPS) is 15.9. The lowest BCUT2D eigenvalue weighted by molar-refractivity contribution is 0.0968. The zero-order chi connectivity index (χ0) is 9.26. The van der Waals surface area contributed by atoms with Crippen LogP contribution >= 0.6 is 0 Å². The van der Waals surface area contributed by atoms with Crippen LogP contribution in [0.1, 0.15) is 47.9 Å². The van der Waals surface area contributed by atoms with Gasteiger partial charge < -0.3 is 4.42 Å². The van der Waals surface area contributed by atoms with Crippen LogP contribution in [-0.4, -0.2) is 5.78 Å². The van der Waals surface area contributed by atoms with E-state index in [0.717, 1.165) is 42.6 Å². The van der Waals surface area contributed by atoms with E-state index in [0.29, 0.717) is 6.42 Å². The van der Waals surface area contributed by atoms with E-state index in [4.69, 9.17) is 4.42 Å². The molecule has 2 rings (SSSR count). The Morgan fingerprint density at radius 1 is 1.46 bits per heavy atom.